The Kier molecular flexibility index (Phi) is 4.90. The summed E-state index contributed by atoms with van der Waals surface area (Å²) in [5.74, 6) is -6.59. The first kappa shape index (κ1) is 15.5. The number of alkyl halides is 4. The van der Waals surface area contributed by atoms with Gasteiger partial charge in [-0.3, -0.25) is 9.48 Å². The molecule has 0 aliphatic carbocycles. The maximum Gasteiger partial charge on any atom is 0.383 e. The van der Waals surface area contributed by atoms with Crippen molar-refractivity contribution in [3.05, 3.63) is 17.5 Å². The summed E-state index contributed by atoms with van der Waals surface area (Å²) in [4.78, 5) is 10.8. The van der Waals surface area contributed by atoms with E-state index in [1.54, 1.807) is 10.00 Å². The fraction of sp³-hybridized carbons (Fsp3) is 0.636. The standard InChI is InChI=1S/C11H15F4N3O/c1-7-6-8(2)18(17-7)5-3-4-16-10(19)11(14,15)9(12)13/h6,9H,3-5H2,1-2H3,(H,16,19). The van der Waals surface area contributed by atoms with Crippen molar-refractivity contribution in [2.75, 3.05) is 6.54 Å². The van der Waals surface area contributed by atoms with Crippen molar-refractivity contribution in [2.24, 2.45) is 0 Å². The molecular weight excluding hydrogens is 266 g/mol. The van der Waals surface area contributed by atoms with Crippen LogP contribution in [-0.4, -0.2) is 34.6 Å². The van der Waals surface area contributed by atoms with Crippen LogP contribution in [0.5, 0.6) is 0 Å². The minimum Gasteiger partial charge on any atom is -0.351 e. The molecule has 0 fully saturated rings. The number of aromatic nitrogens is 2. The van der Waals surface area contributed by atoms with Crippen LogP contribution in [0.25, 0.3) is 0 Å². The Morgan fingerprint density at radius 3 is 2.58 bits per heavy atom. The first-order valence-electron chi connectivity index (χ1n) is 5.70. The second kappa shape index (κ2) is 6.03. The van der Waals surface area contributed by atoms with Gasteiger partial charge in [0, 0.05) is 18.8 Å². The maximum atomic E-state index is 12.6. The van der Waals surface area contributed by atoms with E-state index in [1.807, 2.05) is 19.9 Å². The Labute approximate surface area is 107 Å². The molecule has 0 radical (unpaired) electrons. The topological polar surface area (TPSA) is 46.9 Å². The Balaban J connectivity index is 2.36. The van der Waals surface area contributed by atoms with E-state index in [4.69, 9.17) is 0 Å². The number of carbonyl (C=O) groups excluding carboxylic acids is 1. The van der Waals surface area contributed by atoms with Crippen molar-refractivity contribution >= 4 is 5.91 Å². The SMILES string of the molecule is Cc1cc(C)n(CCCNC(=O)C(F)(F)C(F)F)n1. The number of amides is 1. The Morgan fingerprint density at radius 2 is 2.11 bits per heavy atom. The van der Waals surface area contributed by atoms with Gasteiger partial charge in [0.2, 0.25) is 0 Å². The predicted octanol–water partition coefficient (Wildman–Crippen LogP) is 1.91. The normalized spacial score (nSPS) is 11.9. The Bertz CT molecular complexity index is 445. The largest absolute Gasteiger partial charge is 0.383 e. The van der Waals surface area contributed by atoms with Gasteiger partial charge >= 0.3 is 12.3 Å². The molecule has 1 aromatic rings. The second-order valence-corrected chi connectivity index (χ2v) is 4.18. The van der Waals surface area contributed by atoms with Gasteiger partial charge < -0.3 is 5.32 Å². The molecule has 1 amide bonds. The van der Waals surface area contributed by atoms with Crippen LogP contribution in [0.2, 0.25) is 0 Å². The number of carbonyl (C=O) groups is 1. The Morgan fingerprint density at radius 1 is 1.47 bits per heavy atom. The molecule has 0 atom stereocenters. The summed E-state index contributed by atoms with van der Waals surface area (Å²) in [6.07, 6.45) is -3.67. The van der Waals surface area contributed by atoms with Crippen LogP contribution in [0.4, 0.5) is 17.6 Å². The summed E-state index contributed by atoms with van der Waals surface area (Å²) >= 11 is 0. The van der Waals surface area contributed by atoms with E-state index in [2.05, 4.69) is 5.10 Å². The molecule has 1 heterocycles. The average molecular weight is 281 g/mol. The van der Waals surface area contributed by atoms with Crippen molar-refractivity contribution in [1.82, 2.24) is 15.1 Å². The number of hydrogen-bond acceptors (Lipinski definition) is 2. The number of nitrogens with zero attached hydrogens (tertiary/aromatic N) is 2. The zero-order valence-electron chi connectivity index (χ0n) is 10.6. The van der Waals surface area contributed by atoms with Crippen LogP contribution in [0.3, 0.4) is 0 Å². The van der Waals surface area contributed by atoms with Crippen LogP contribution in [0.1, 0.15) is 17.8 Å². The Hall–Kier alpha value is -1.60. The van der Waals surface area contributed by atoms with Crippen LogP contribution in [0, 0.1) is 13.8 Å². The number of halogens is 4. The smallest absolute Gasteiger partial charge is 0.351 e. The summed E-state index contributed by atoms with van der Waals surface area (Å²) in [5.41, 5.74) is 1.73. The van der Waals surface area contributed by atoms with E-state index in [1.165, 1.54) is 0 Å². The zero-order chi connectivity index (χ0) is 14.6. The molecule has 0 aliphatic heterocycles. The fourth-order valence-electron chi connectivity index (χ4n) is 1.55. The highest BCUT2D eigenvalue weighted by Crippen LogP contribution is 2.22. The number of nitrogens with one attached hydrogen (secondary N) is 1. The molecule has 19 heavy (non-hydrogen) atoms. The van der Waals surface area contributed by atoms with E-state index >= 15 is 0 Å². The van der Waals surface area contributed by atoms with Gasteiger partial charge in [0.15, 0.2) is 0 Å². The van der Waals surface area contributed by atoms with E-state index in [0.29, 0.717) is 13.0 Å². The minimum absolute atomic E-state index is 0.112. The molecule has 0 unspecified atom stereocenters. The minimum atomic E-state index is -4.64. The molecule has 1 aromatic heterocycles. The monoisotopic (exact) mass is 281 g/mol. The van der Waals surface area contributed by atoms with Crippen molar-refractivity contribution in [2.45, 2.75) is 39.2 Å². The molecule has 4 nitrogen and oxygen atoms in total. The predicted molar refractivity (Wildman–Crippen MR) is 60.3 cm³/mol. The lowest BCUT2D eigenvalue weighted by atomic mass is 10.3. The van der Waals surface area contributed by atoms with Gasteiger partial charge in [0.25, 0.3) is 5.91 Å². The van der Waals surface area contributed by atoms with Crippen molar-refractivity contribution < 1.29 is 22.4 Å². The van der Waals surface area contributed by atoms with Gasteiger partial charge in [-0.1, -0.05) is 0 Å². The second-order valence-electron chi connectivity index (χ2n) is 4.18. The fourth-order valence-corrected chi connectivity index (χ4v) is 1.55. The van der Waals surface area contributed by atoms with E-state index < -0.39 is 18.3 Å². The van der Waals surface area contributed by atoms with Crippen LogP contribution >= 0.6 is 0 Å². The van der Waals surface area contributed by atoms with Gasteiger partial charge in [-0.05, 0) is 26.3 Å². The molecule has 108 valence electrons. The van der Waals surface area contributed by atoms with Crippen molar-refractivity contribution in [3.8, 4) is 0 Å². The number of hydrogen-bond donors (Lipinski definition) is 1. The lowest BCUT2D eigenvalue weighted by molar-refractivity contribution is -0.169. The van der Waals surface area contributed by atoms with Crippen LogP contribution in [-0.2, 0) is 11.3 Å². The molecular formula is C11H15F4N3O. The van der Waals surface area contributed by atoms with E-state index in [9.17, 15) is 22.4 Å². The van der Waals surface area contributed by atoms with Gasteiger partial charge in [0.05, 0.1) is 5.69 Å². The third-order valence-corrected chi connectivity index (χ3v) is 2.51. The molecule has 0 saturated carbocycles. The van der Waals surface area contributed by atoms with Gasteiger partial charge in [-0.25, -0.2) is 8.78 Å². The lowest BCUT2D eigenvalue weighted by Crippen LogP contribution is -2.45. The summed E-state index contributed by atoms with van der Waals surface area (Å²) in [7, 11) is 0. The van der Waals surface area contributed by atoms with Crippen LogP contribution < -0.4 is 5.32 Å². The van der Waals surface area contributed by atoms with Crippen molar-refractivity contribution in [3.63, 3.8) is 0 Å². The number of rotatable bonds is 6. The first-order chi connectivity index (χ1) is 8.75. The van der Waals surface area contributed by atoms with Gasteiger partial charge in [-0.2, -0.15) is 13.9 Å². The van der Waals surface area contributed by atoms with Crippen molar-refractivity contribution in [1.29, 1.82) is 0 Å². The molecule has 0 aromatic carbocycles. The van der Waals surface area contributed by atoms with Gasteiger partial charge in [0.1, 0.15) is 0 Å². The lowest BCUT2D eigenvalue weighted by Gasteiger charge is -2.14. The maximum absolute atomic E-state index is 12.6. The summed E-state index contributed by atoms with van der Waals surface area (Å²) in [6.45, 7) is 3.96. The van der Waals surface area contributed by atoms with E-state index in [-0.39, 0.29) is 6.54 Å². The molecule has 0 bridgehead atoms. The van der Waals surface area contributed by atoms with Crippen LogP contribution in [0.15, 0.2) is 6.07 Å². The zero-order valence-corrected chi connectivity index (χ0v) is 10.6. The van der Waals surface area contributed by atoms with E-state index in [0.717, 1.165) is 11.4 Å². The molecule has 1 N–H and O–H groups in total. The molecule has 1 rings (SSSR count). The summed E-state index contributed by atoms with van der Waals surface area (Å²) < 4.78 is 50.6. The highest BCUT2D eigenvalue weighted by molar-refractivity contribution is 5.83. The molecule has 0 aliphatic rings. The third kappa shape index (κ3) is 3.93. The molecule has 8 heteroatoms. The first-order valence-corrected chi connectivity index (χ1v) is 5.70. The third-order valence-electron chi connectivity index (χ3n) is 2.51. The average Bonchev–Trinajstić information content (AvgIpc) is 2.62. The molecule has 0 saturated heterocycles. The molecule has 0 spiro atoms. The highest BCUT2D eigenvalue weighted by atomic mass is 19.3. The highest BCUT2D eigenvalue weighted by Gasteiger charge is 2.48. The summed E-state index contributed by atoms with van der Waals surface area (Å²) in [5, 5.41) is 5.93. The number of aryl methyl sites for hydroxylation is 3. The summed E-state index contributed by atoms with van der Waals surface area (Å²) in [6, 6.07) is 1.85. The van der Waals surface area contributed by atoms with Gasteiger partial charge in [-0.15, -0.1) is 0 Å². The quantitative estimate of drug-likeness (QED) is 0.639.